The molecule has 7 rings (SSSR count). The van der Waals surface area contributed by atoms with Crippen LogP contribution in [0, 0.1) is 41.5 Å². The first-order valence-corrected chi connectivity index (χ1v) is 26.2. The minimum atomic E-state index is -3.91. The van der Waals surface area contributed by atoms with Gasteiger partial charge in [-0.05, 0) is 181 Å². The number of benzene rings is 7. The summed E-state index contributed by atoms with van der Waals surface area (Å²) in [6, 6.07) is 35.3. The Kier molecular flexibility index (Phi) is 19.8. The molecule has 0 heterocycles. The Balaban J connectivity index is 0.000000223. The van der Waals surface area contributed by atoms with E-state index in [0.29, 0.717) is 34.5 Å². The molecule has 0 radical (unpaired) electrons. The molecular weight excluding hydrogens is 1000 g/mol. The number of phenols is 2. The van der Waals surface area contributed by atoms with Crippen LogP contribution in [0.15, 0.2) is 153 Å². The zero-order valence-electron chi connectivity index (χ0n) is 43.3. The van der Waals surface area contributed by atoms with Crippen LogP contribution in [0.2, 0.25) is 0 Å². The monoisotopic (exact) mass is 1060 g/mol. The number of carbonyl (C=O) groups is 3. The second kappa shape index (κ2) is 25.7. The largest absolute Gasteiger partial charge is 0.507 e. The van der Waals surface area contributed by atoms with E-state index in [4.69, 9.17) is 28.4 Å². The van der Waals surface area contributed by atoms with Crippen molar-refractivity contribution in [1.29, 1.82) is 0 Å². The van der Waals surface area contributed by atoms with Gasteiger partial charge >= 0.3 is 0 Å². The topological polar surface area (TPSA) is 215 Å². The minimum absolute atomic E-state index is 0.00172. The van der Waals surface area contributed by atoms with Gasteiger partial charge in [-0.1, -0.05) is 36.4 Å². The van der Waals surface area contributed by atoms with Crippen molar-refractivity contribution in [2.45, 2.75) is 81.9 Å². The van der Waals surface area contributed by atoms with Gasteiger partial charge in [0, 0.05) is 12.1 Å². The van der Waals surface area contributed by atoms with Crippen LogP contribution in [0.1, 0.15) is 54.2 Å². The quantitative estimate of drug-likeness (QED) is 0.0817. The molecule has 0 unspecified atom stereocenters. The van der Waals surface area contributed by atoms with Crippen molar-refractivity contribution in [1.82, 2.24) is 0 Å². The van der Waals surface area contributed by atoms with Crippen molar-refractivity contribution in [3.8, 4) is 57.5 Å². The number of hydrogen-bond acceptors (Lipinski definition) is 15. The van der Waals surface area contributed by atoms with Gasteiger partial charge in [0.25, 0.3) is 0 Å². The predicted octanol–water partition coefficient (Wildman–Crippen LogP) is 11.5. The molecule has 0 aliphatic heterocycles. The maximum Gasteiger partial charge on any atom is 0.210 e. The second-order valence-corrected chi connectivity index (χ2v) is 21.3. The summed E-state index contributed by atoms with van der Waals surface area (Å²) in [4.78, 5) is 33.0. The fraction of sp³-hybridized carbons (Fsp3) is 0.224. The van der Waals surface area contributed by atoms with E-state index < -0.39 is 19.7 Å². The molecular formula is C58H60O15S2. The molecule has 0 bridgehead atoms. The summed E-state index contributed by atoms with van der Waals surface area (Å²) in [5.41, 5.74) is 4.61. The van der Waals surface area contributed by atoms with Gasteiger partial charge in [0.1, 0.15) is 87.1 Å². The van der Waals surface area contributed by atoms with Gasteiger partial charge in [-0.25, -0.2) is 16.8 Å². The zero-order chi connectivity index (χ0) is 55.2. The Morgan fingerprint density at radius 1 is 0.427 bits per heavy atom. The van der Waals surface area contributed by atoms with E-state index in [1.165, 1.54) is 76.4 Å². The number of phenolic OH excluding ortho intramolecular Hbond substituents is 2. The Bertz CT molecular complexity index is 3340. The van der Waals surface area contributed by atoms with Gasteiger partial charge in [-0.15, -0.1) is 0 Å². The summed E-state index contributed by atoms with van der Waals surface area (Å²) >= 11 is 0. The van der Waals surface area contributed by atoms with E-state index in [1.54, 1.807) is 98.8 Å². The maximum absolute atomic E-state index is 13.1. The van der Waals surface area contributed by atoms with Gasteiger partial charge in [0.2, 0.25) is 19.7 Å². The molecule has 15 nitrogen and oxygen atoms in total. The lowest BCUT2D eigenvalue weighted by molar-refractivity contribution is -0.119. The van der Waals surface area contributed by atoms with Crippen molar-refractivity contribution in [3.05, 3.63) is 167 Å². The summed E-state index contributed by atoms with van der Waals surface area (Å²) in [6.07, 6.45) is 0. The molecule has 0 saturated carbocycles. The third kappa shape index (κ3) is 15.7. The van der Waals surface area contributed by atoms with Crippen LogP contribution in [0.25, 0.3) is 0 Å². The van der Waals surface area contributed by atoms with Crippen molar-refractivity contribution < 1.29 is 69.9 Å². The molecule has 0 aliphatic rings. The van der Waals surface area contributed by atoms with E-state index >= 15 is 0 Å². The normalized spacial score (nSPS) is 10.9. The standard InChI is InChI=1S/C24H24O6S.C23H22O6S.C11H14O3/c1-16-12-20(29-15-18(3)25)13-17(2)24(16)30-19-10-11-22(28-4)23(14-19)31(26,27)21-8-6-5-7-9-21;1-15-11-19(28-14-17(3)24)12-16(2)23(15)29-18-9-10-21(25)22(13-18)30(26,27)20-7-5-4-6-8-20;1-7-4-10(14-6-9(3)12)5-8(2)11(7)13/h5-14H,15H2,1-4H3;4-13,25H,14H2,1-3H3;4-5,13H,6H2,1-3H3. The molecule has 0 spiro atoms. The van der Waals surface area contributed by atoms with Crippen LogP contribution in [-0.2, 0) is 34.1 Å². The van der Waals surface area contributed by atoms with Crippen molar-refractivity contribution in [3.63, 3.8) is 0 Å². The molecule has 0 atom stereocenters. The van der Waals surface area contributed by atoms with Gasteiger partial charge in [-0.2, -0.15) is 0 Å². The van der Waals surface area contributed by atoms with Crippen molar-refractivity contribution >= 4 is 37.0 Å². The van der Waals surface area contributed by atoms with Crippen LogP contribution in [0.4, 0.5) is 0 Å². The van der Waals surface area contributed by atoms with Gasteiger partial charge in [0.05, 0.1) is 16.9 Å². The van der Waals surface area contributed by atoms with Crippen LogP contribution in [0.3, 0.4) is 0 Å². The molecule has 7 aromatic rings. The molecule has 2 N–H and O–H groups in total. The van der Waals surface area contributed by atoms with Gasteiger partial charge < -0.3 is 38.6 Å². The molecule has 394 valence electrons. The molecule has 0 aliphatic carbocycles. The number of rotatable bonds is 18. The molecule has 0 amide bonds. The number of hydrogen-bond donors (Lipinski definition) is 2. The fourth-order valence-electron chi connectivity index (χ4n) is 7.26. The number of ether oxygens (including phenoxy) is 6. The lowest BCUT2D eigenvalue weighted by atomic mass is 10.1. The third-order valence-corrected chi connectivity index (χ3v) is 14.4. The summed E-state index contributed by atoms with van der Waals surface area (Å²) < 4.78 is 85.5. The Hall–Kier alpha value is -8.15. The molecule has 0 saturated heterocycles. The first-order valence-electron chi connectivity index (χ1n) is 23.3. The van der Waals surface area contributed by atoms with E-state index in [-0.39, 0.29) is 79.8 Å². The highest BCUT2D eigenvalue weighted by atomic mass is 32.2. The van der Waals surface area contributed by atoms with E-state index in [0.717, 1.165) is 33.4 Å². The summed E-state index contributed by atoms with van der Waals surface area (Å²) in [5, 5.41) is 19.7. The summed E-state index contributed by atoms with van der Waals surface area (Å²) in [7, 11) is -6.28. The lowest BCUT2D eigenvalue weighted by Crippen LogP contribution is -2.07. The van der Waals surface area contributed by atoms with Gasteiger partial charge in [-0.3, -0.25) is 14.4 Å². The number of carbonyl (C=O) groups excluding carboxylic acids is 3. The number of aryl methyl sites for hydroxylation is 6. The predicted molar refractivity (Wildman–Crippen MR) is 283 cm³/mol. The Morgan fingerprint density at radius 3 is 1.12 bits per heavy atom. The smallest absolute Gasteiger partial charge is 0.210 e. The van der Waals surface area contributed by atoms with Crippen LogP contribution in [-0.4, -0.2) is 71.3 Å². The number of Topliss-reactive ketones (excluding diaryl/α,β-unsaturated/α-hetero) is 3. The summed E-state index contributed by atoms with van der Waals surface area (Å²) in [5.74, 6) is 3.48. The molecule has 17 heteroatoms. The second-order valence-electron chi connectivity index (χ2n) is 17.4. The lowest BCUT2D eigenvalue weighted by Gasteiger charge is -2.16. The minimum Gasteiger partial charge on any atom is -0.507 e. The number of ketones is 3. The van der Waals surface area contributed by atoms with Crippen LogP contribution < -0.4 is 28.4 Å². The number of aromatic hydroxyl groups is 2. The highest BCUT2D eigenvalue weighted by Crippen LogP contribution is 2.39. The zero-order valence-corrected chi connectivity index (χ0v) is 45.0. The van der Waals surface area contributed by atoms with Crippen LogP contribution in [0.5, 0.6) is 57.5 Å². The molecule has 0 aromatic heterocycles. The Morgan fingerprint density at radius 2 is 0.760 bits per heavy atom. The maximum atomic E-state index is 13.1. The van der Waals surface area contributed by atoms with Crippen LogP contribution >= 0.6 is 0 Å². The Labute approximate surface area is 438 Å². The molecule has 0 fully saturated rings. The highest BCUT2D eigenvalue weighted by molar-refractivity contribution is 7.92. The number of sulfone groups is 2. The first kappa shape index (κ1) is 57.7. The van der Waals surface area contributed by atoms with E-state index in [1.807, 2.05) is 27.7 Å². The summed E-state index contributed by atoms with van der Waals surface area (Å²) in [6.45, 7) is 15.4. The van der Waals surface area contributed by atoms with Crippen molar-refractivity contribution in [2.75, 3.05) is 26.9 Å². The van der Waals surface area contributed by atoms with Crippen molar-refractivity contribution in [2.24, 2.45) is 0 Å². The SMILES string of the molecule is CC(=O)COc1cc(C)c(O)c(C)c1.CC(=O)COc1cc(C)c(Oc2ccc(O)c(S(=O)(=O)c3ccccc3)c2)c(C)c1.COc1ccc(Oc2c(C)cc(OCC(C)=O)cc2C)cc1S(=O)(=O)c1ccccc1. The van der Waals surface area contributed by atoms with E-state index in [2.05, 4.69) is 0 Å². The van der Waals surface area contributed by atoms with Gasteiger partial charge in [0.15, 0.2) is 17.3 Å². The highest BCUT2D eigenvalue weighted by Gasteiger charge is 2.25. The average molecular weight is 1060 g/mol. The molecule has 75 heavy (non-hydrogen) atoms. The fourth-order valence-corrected chi connectivity index (χ4v) is 10.1. The molecule has 7 aromatic carbocycles. The third-order valence-electron chi connectivity index (χ3n) is 10.9. The van der Waals surface area contributed by atoms with E-state index in [9.17, 15) is 41.4 Å². The number of methoxy groups -OCH3 is 1. The first-order chi connectivity index (χ1) is 35.4. The average Bonchev–Trinajstić information content (AvgIpc) is 3.37.